The van der Waals surface area contributed by atoms with Gasteiger partial charge in [0.1, 0.15) is 0 Å². The molecule has 132 valence electrons. The van der Waals surface area contributed by atoms with Crippen molar-refractivity contribution in [2.45, 2.75) is 44.9 Å². The lowest BCUT2D eigenvalue weighted by atomic mass is 9.76. The highest BCUT2D eigenvalue weighted by molar-refractivity contribution is 5.72. The number of hydrogen-bond donors (Lipinski definition) is 0. The second-order valence-corrected chi connectivity index (χ2v) is 7.66. The lowest BCUT2D eigenvalue weighted by Crippen LogP contribution is -2.13. The topological polar surface area (TPSA) is 0 Å². The van der Waals surface area contributed by atoms with Crippen LogP contribution in [0.2, 0.25) is 0 Å². The molecular formula is C26H28. The van der Waals surface area contributed by atoms with Crippen LogP contribution in [0.5, 0.6) is 0 Å². The average Bonchev–Trinajstić information content (AvgIpc) is 2.75. The van der Waals surface area contributed by atoms with Crippen LogP contribution in [0.3, 0.4) is 0 Å². The van der Waals surface area contributed by atoms with Gasteiger partial charge in [-0.05, 0) is 65.3 Å². The summed E-state index contributed by atoms with van der Waals surface area (Å²) in [7, 11) is 0. The fraction of sp³-hybridized carbons (Fsp3) is 0.308. The molecule has 3 aromatic carbocycles. The molecule has 1 aliphatic rings. The first kappa shape index (κ1) is 17.1. The maximum Gasteiger partial charge on any atom is -0.0149 e. The standard InChI is InChI=1S/C26H28/c1-2-20-12-14-23(15-13-20)25-10-6-7-11-26(25)24-18-16-22(17-19-24)21-8-4-3-5-9-21/h3-11,16-20,23H,2,12-15H2,1H3. The Hall–Kier alpha value is -2.34. The minimum Gasteiger partial charge on any atom is -0.0651 e. The summed E-state index contributed by atoms with van der Waals surface area (Å²) in [6.07, 6.45) is 6.81. The van der Waals surface area contributed by atoms with E-state index >= 15 is 0 Å². The van der Waals surface area contributed by atoms with E-state index in [-0.39, 0.29) is 0 Å². The fourth-order valence-electron chi connectivity index (χ4n) is 4.47. The molecule has 0 aromatic heterocycles. The van der Waals surface area contributed by atoms with Crippen LogP contribution in [0.1, 0.15) is 50.5 Å². The summed E-state index contributed by atoms with van der Waals surface area (Å²) >= 11 is 0. The Balaban J connectivity index is 1.60. The van der Waals surface area contributed by atoms with Crippen molar-refractivity contribution in [2.75, 3.05) is 0 Å². The molecule has 0 unspecified atom stereocenters. The van der Waals surface area contributed by atoms with Gasteiger partial charge in [-0.3, -0.25) is 0 Å². The summed E-state index contributed by atoms with van der Waals surface area (Å²) in [4.78, 5) is 0. The van der Waals surface area contributed by atoms with Crippen molar-refractivity contribution in [2.24, 2.45) is 5.92 Å². The molecule has 1 saturated carbocycles. The van der Waals surface area contributed by atoms with Crippen molar-refractivity contribution < 1.29 is 0 Å². The Morgan fingerprint density at radius 3 is 1.88 bits per heavy atom. The van der Waals surface area contributed by atoms with Crippen LogP contribution in [0.25, 0.3) is 22.3 Å². The SMILES string of the molecule is CCC1CCC(c2ccccc2-c2ccc(-c3ccccc3)cc2)CC1. The van der Waals surface area contributed by atoms with Crippen LogP contribution in [-0.2, 0) is 0 Å². The van der Waals surface area contributed by atoms with Gasteiger partial charge in [0.05, 0.1) is 0 Å². The van der Waals surface area contributed by atoms with Crippen LogP contribution in [0, 0.1) is 5.92 Å². The number of hydrogen-bond acceptors (Lipinski definition) is 0. The first-order valence-electron chi connectivity index (χ1n) is 10.1. The predicted molar refractivity (Wildman–Crippen MR) is 112 cm³/mol. The zero-order valence-corrected chi connectivity index (χ0v) is 15.7. The molecule has 1 fully saturated rings. The highest BCUT2D eigenvalue weighted by atomic mass is 14.3. The van der Waals surface area contributed by atoms with Crippen LogP contribution < -0.4 is 0 Å². The van der Waals surface area contributed by atoms with Gasteiger partial charge in [0.25, 0.3) is 0 Å². The maximum absolute atomic E-state index is 2.36. The summed E-state index contributed by atoms with van der Waals surface area (Å²) in [5.41, 5.74) is 6.89. The summed E-state index contributed by atoms with van der Waals surface area (Å²) in [5, 5.41) is 0. The zero-order chi connectivity index (χ0) is 17.8. The quantitative estimate of drug-likeness (QED) is 0.456. The Bertz CT molecular complexity index is 821. The van der Waals surface area contributed by atoms with Gasteiger partial charge in [-0.15, -0.1) is 0 Å². The van der Waals surface area contributed by atoms with Gasteiger partial charge < -0.3 is 0 Å². The molecule has 0 spiro atoms. The van der Waals surface area contributed by atoms with Crippen molar-refractivity contribution in [3.8, 4) is 22.3 Å². The Kier molecular flexibility index (Phi) is 5.20. The highest BCUT2D eigenvalue weighted by Crippen LogP contribution is 2.40. The van der Waals surface area contributed by atoms with E-state index in [2.05, 4.69) is 85.8 Å². The van der Waals surface area contributed by atoms with Crippen molar-refractivity contribution in [3.63, 3.8) is 0 Å². The fourth-order valence-corrected chi connectivity index (χ4v) is 4.47. The van der Waals surface area contributed by atoms with Crippen LogP contribution >= 0.6 is 0 Å². The molecule has 0 saturated heterocycles. The third-order valence-corrected chi connectivity index (χ3v) is 6.13. The largest absolute Gasteiger partial charge is 0.0651 e. The molecule has 26 heavy (non-hydrogen) atoms. The van der Waals surface area contributed by atoms with E-state index in [9.17, 15) is 0 Å². The third-order valence-electron chi connectivity index (χ3n) is 6.13. The van der Waals surface area contributed by atoms with E-state index in [0.717, 1.165) is 11.8 Å². The van der Waals surface area contributed by atoms with Gasteiger partial charge in [-0.2, -0.15) is 0 Å². The summed E-state index contributed by atoms with van der Waals surface area (Å²) in [5.74, 6) is 1.67. The summed E-state index contributed by atoms with van der Waals surface area (Å²) < 4.78 is 0. The summed E-state index contributed by atoms with van der Waals surface area (Å²) in [6, 6.07) is 28.8. The van der Waals surface area contributed by atoms with E-state index < -0.39 is 0 Å². The van der Waals surface area contributed by atoms with Gasteiger partial charge in [-0.1, -0.05) is 92.2 Å². The Labute approximate surface area is 157 Å². The van der Waals surface area contributed by atoms with Gasteiger partial charge >= 0.3 is 0 Å². The lowest BCUT2D eigenvalue weighted by Gasteiger charge is -2.29. The number of benzene rings is 3. The molecule has 1 aliphatic carbocycles. The monoisotopic (exact) mass is 340 g/mol. The molecule has 0 heterocycles. The minimum atomic E-state index is 0.725. The molecule has 0 amide bonds. The van der Waals surface area contributed by atoms with Gasteiger partial charge in [-0.25, -0.2) is 0 Å². The van der Waals surface area contributed by atoms with Gasteiger partial charge in [0, 0.05) is 0 Å². The molecule has 0 bridgehead atoms. The van der Waals surface area contributed by atoms with Crippen molar-refractivity contribution >= 4 is 0 Å². The van der Waals surface area contributed by atoms with Crippen molar-refractivity contribution in [1.29, 1.82) is 0 Å². The zero-order valence-electron chi connectivity index (χ0n) is 15.7. The van der Waals surface area contributed by atoms with E-state index in [0.29, 0.717) is 0 Å². The highest BCUT2D eigenvalue weighted by Gasteiger charge is 2.23. The average molecular weight is 341 g/mol. The molecule has 0 aliphatic heterocycles. The molecule has 4 rings (SSSR count). The van der Waals surface area contributed by atoms with E-state index in [1.165, 1.54) is 54.4 Å². The maximum atomic E-state index is 2.36. The molecule has 0 nitrogen and oxygen atoms in total. The molecule has 0 radical (unpaired) electrons. The third kappa shape index (κ3) is 3.60. The van der Waals surface area contributed by atoms with Crippen molar-refractivity contribution in [3.05, 3.63) is 84.4 Å². The normalized spacial score (nSPS) is 20.0. The molecule has 3 aromatic rings. The second-order valence-electron chi connectivity index (χ2n) is 7.66. The smallest absolute Gasteiger partial charge is 0.0149 e. The van der Waals surface area contributed by atoms with E-state index in [1.54, 1.807) is 5.56 Å². The van der Waals surface area contributed by atoms with E-state index in [1.807, 2.05) is 0 Å². The lowest BCUT2D eigenvalue weighted by molar-refractivity contribution is 0.319. The summed E-state index contributed by atoms with van der Waals surface area (Å²) in [6.45, 7) is 2.34. The van der Waals surface area contributed by atoms with Gasteiger partial charge in [0.15, 0.2) is 0 Å². The van der Waals surface area contributed by atoms with Crippen LogP contribution in [0.15, 0.2) is 78.9 Å². The minimum absolute atomic E-state index is 0.725. The van der Waals surface area contributed by atoms with Crippen molar-refractivity contribution in [1.82, 2.24) is 0 Å². The Morgan fingerprint density at radius 1 is 0.615 bits per heavy atom. The molecular weight excluding hydrogens is 312 g/mol. The first-order chi connectivity index (χ1) is 12.8. The predicted octanol–water partition coefficient (Wildman–Crippen LogP) is 7.70. The Morgan fingerprint density at radius 2 is 1.19 bits per heavy atom. The molecule has 0 heteroatoms. The van der Waals surface area contributed by atoms with E-state index in [4.69, 9.17) is 0 Å². The van der Waals surface area contributed by atoms with Crippen LogP contribution in [0.4, 0.5) is 0 Å². The first-order valence-corrected chi connectivity index (χ1v) is 10.1. The molecule has 0 N–H and O–H groups in total. The van der Waals surface area contributed by atoms with Gasteiger partial charge in [0.2, 0.25) is 0 Å². The van der Waals surface area contributed by atoms with Crippen LogP contribution in [-0.4, -0.2) is 0 Å². The number of rotatable bonds is 4. The second kappa shape index (κ2) is 7.91. The molecule has 0 atom stereocenters.